The average molecular weight is 372 g/mol. The fraction of sp³-hybridized carbons (Fsp3) is 0.0526. The summed E-state index contributed by atoms with van der Waals surface area (Å²) in [4.78, 5) is 16.3. The molecule has 6 heteroatoms. The fourth-order valence-corrected chi connectivity index (χ4v) is 2.79. The highest BCUT2D eigenvalue weighted by molar-refractivity contribution is 6.35. The Labute approximate surface area is 155 Å². The van der Waals surface area contributed by atoms with Crippen molar-refractivity contribution in [1.29, 1.82) is 0 Å². The number of anilines is 2. The van der Waals surface area contributed by atoms with E-state index < -0.39 is 0 Å². The predicted octanol–water partition coefficient (Wildman–Crippen LogP) is 5.06. The number of amides is 1. The maximum absolute atomic E-state index is 12.1. The van der Waals surface area contributed by atoms with E-state index in [1.165, 1.54) is 0 Å². The molecule has 0 aliphatic carbocycles. The van der Waals surface area contributed by atoms with Gasteiger partial charge in [-0.25, -0.2) is 4.98 Å². The van der Waals surface area contributed by atoms with E-state index in [2.05, 4.69) is 15.6 Å². The highest BCUT2D eigenvalue weighted by Gasteiger charge is 2.07. The summed E-state index contributed by atoms with van der Waals surface area (Å²) < 4.78 is 0. The topological polar surface area (TPSA) is 54.0 Å². The van der Waals surface area contributed by atoms with Crippen LogP contribution in [0.1, 0.15) is 16.1 Å². The predicted molar refractivity (Wildman–Crippen MR) is 102 cm³/mol. The summed E-state index contributed by atoms with van der Waals surface area (Å²) in [5.74, 6) is -0.221. The van der Waals surface area contributed by atoms with E-state index in [-0.39, 0.29) is 5.91 Å². The summed E-state index contributed by atoms with van der Waals surface area (Å²) in [6, 6.07) is 18.3. The van der Waals surface area contributed by atoms with E-state index in [1.807, 2.05) is 30.3 Å². The van der Waals surface area contributed by atoms with Gasteiger partial charge in [0.15, 0.2) is 0 Å². The zero-order valence-corrected chi connectivity index (χ0v) is 14.7. The number of aromatic nitrogens is 1. The van der Waals surface area contributed by atoms with E-state index in [4.69, 9.17) is 23.2 Å². The van der Waals surface area contributed by atoms with Crippen molar-refractivity contribution >= 4 is 40.5 Å². The van der Waals surface area contributed by atoms with Gasteiger partial charge in [-0.15, -0.1) is 0 Å². The molecule has 0 unspecified atom stereocenters. The lowest BCUT2D eigenvalue weighted by Gasteiger charge is -2.08. The molecule has 126 valence electrons. The van der Waals surface area contributed by atoms with Crippen molar-refractivity contribution in [2.75, 3.05) is 5.32 Å². The van der Waals surface area contributed by atoms with E-state index >= 15 is 0 Å². The monoisotopic (exact) mass is 371 g/mol. The van der Waals surface area contributed by atoms with Gasteiger partial charge < -0.3 is 10.6 Å². The van der Waals surface area contributed by atoms with Crippen LogP contribution in [-0.2, 0) is 6.54 Å². The molecule has 1 heterocycles. The second-order valence-electron chi connectivity index (χ2n) is 5.38. The highest BCUT2D eigenvalue weighted by Crippen LogP contribution is 2.25. The number of nitrogens with one attached hydrogen (secondary N) is 2. The van der Waals surface area contributed by atoms with Crippen molar-refractivity contribution in [3.63, 3.8) is 0 Å². The maximum atomic E-state index is 12.1. The van der Waals surface area contributed by atoms with Gasteiger partial charge >= 0.3 is 0 Å². The van der Waals surface area contributed by atoms with Gasteiger partial charge in [0.1, 0.15) is 5.69 Å². The standard InChI is InChI=1S/C19H15Cl2N3O/c20-14-8-15(21)10-17(9-14)24-16-6-7-18(22-12-16)19(25)23-11-13-4-2-1-3-5-13/h1-10,12,24H,11H2,(H,23,25). The molecule has 0 fully saturated rings. The Morgan fingerprint density at radius 1 is 0.920 bits per heavy atom. The molecule has 3 rings (SSSR count). The van der Waals surface area contributed by atoms with E-state index in [0.29, 0.717) is 22.3 Å². The Balaban J connectivity index is 1.62. The van der Waals surface area contributed by atoms with Crippen LogP contribution in [0.15, 0.2) is 66.9 Å². The van der Waals surface area contributed by atoms with Crippen LogP contribution in [0, 0.1) is 0 Å². The minimum absolute atomic E-state index is 0.221. The van der Waals surface area contributed by atoms with Crippen LogP contribution >= 0.6 is 23.2 Å². The summed E-state index contributed by atoms with van der Waals surface area (Å²) in [6.07, 6.45) is 1.59. The molecule has 0 saturated carbocycles. The Kier molecular flexibility index (Phi) is 5.53. The lowest BCUT2D eigenvalue weighted by Crippen LogP contribution is -2.23. The SMILES string of the molecule is O=C(NCc1ccccc1)c1ccc(Nc2cc(Cl)cc(Cl)c2)cn1. The number of hydrogen-bond donors (Lipinski definition) is 2. The second-order valence-corrected chi connectivity index (χ2v) is 6.26. The van der Waals surface area contributed by atoms with Crippen molar-refractivity contribution in [3.8, 4) is 0 Å². The zero-order valence-electron chi connectivity index (χ0n) is 13.2. The van der Waals surface area contributed by atoms with Crippen LogP contribution in [0.25, 0.3) is 0 Å². The van der Waals surface area contributed by atoms with Crippen molar-refractivity contribution in [1.82, 2.24) is 10.3 Å². The minimum atomic E-state index is -0.221. The zero-order chi connectivity index (χ0) is 17.6. The average Bonchev–Trinajstić information content (AvgIpc) is 2.60. The molecule has 0 radical (unpaired) electrons. The molecule has 1 amide bonds. The molecule has 3 aromatic rings. The minimum Gasteiger partial charge on any atom is -0.354 e. The van der Waals surface area contributed by atoms with Crippen molar-refractivity contribution in [3.05, 3.63) is 88.2 Å². The molecular weight excluding hydrogens is 357 g/mol. The molecule has 0 aliphatic heterocycles. The fourth-order valence-electron chi connectivity index (χ4n) is 2.26. The van der Waals surface area contributed by atoms with Gasteiger partial charge in [0, 0.05) is 22.3 Å². The maximum Gasteiger partial charge on any atom is 0.270 e. The molecule has 4 nitrogen and oxygen atoms in total. The largest absolute Gasteiger partial charge is 0.354 e. The molecule has 1 aromatic heterocycles. The summed E-state index contributed by atoms with van der Waals surface area (Å²) in [7, 11) is 0. The number of carbonyl (C=O) groups excluding carboxylic acids is 1. The smallest absolute Gasteiger partial charge is 0.270 e. The molecule has 25 heavy (non-hydrogen) atoms. The molecule has 0 bridgehead atoms. The highest BCUT2D eigenvalue weighted by atomic mass is 35.5. The first-order chi connectivity index (χ1) is 12.1. The summed E-state index contributed by atoms with van der Waals surface area (Å²) >= 11 is 12.0. The van der Waals surface area contributed by atoms with E-state index in [0.717, 1.165) is 16.9 Å². The number of hydrogen-bond acceptors (Lipinski definition) is 3. The van der Waals surface area contributed by atoms with Crippen LogP contribution in [0.4, 0.5) is 11.4 Å². The molecular formula is C19H15Cl2N3O. The first-order valence-electron chi connectivity index (χ1n) is 7.61. The van der Waals surface area contributed by atoms with Crippen LogP contribution in [-0.4, -0.2) is 10.9 Å². The first-order valence-corrected chi connectivity index (χ1v) is 8.37. The normalized spacial score (nSPS) is 10.3. The third kappa shape index (κ3) is 4.95. The Hall–Kier alpha value is -2.56. The third-order valence-corrected chi connectivity index (χ3v) is 3.88. The lowest BCUT2D eigenvalue weighted by molar-refractivity contribution is 0.0946. The number of pyridine rings is 1. The van der Waals surface area contributed by atoms with Gasteiger partial charge in [0.25, 0.3) is 5.91 Å². The Morgan fingerprint density at radius 3 is 2.28 bits per heavy atom. The summed E-state index contributed by atoms with van der Waals surface area (Å²) in [5.41, 5.74) is 2.87. The summed E-state index contributed by atoms with van der Waals surface area (Å²) in [5, 5.41) is 7.07. The molecule has 2 N–H and O–H groups in total. The van der Waals surface area contributed by atoms with Gasteiger partial charge in [0.05, 0.1) is 11.9 Å². The van der Waals surface area contributed by atoms with Crippen molar-refractivity contribution in [2.24, 2.45) is 0 Å². The van der Waals surface area contributed by atoms with Crippen molar-refractivity contribution in [2.45, 2.75) is 6.54 Å². The Bertz CT molecular complexity index is 847. The van der Waals surface area contributed by atoms with Crippen LogP contribution in [0.3, 0.4) is 0 Å². The third-order valence-electron chi connectivity index (χ3n) is 3.44. The van der Waals surface area contributed by atoms with Crippen LogP contribution in [0.5, 0.6) is 0 Å². The molecule has 0 aliphatic rings. The first kappa shape index (κ1) is 17.3. The van der Waals surface area contributed by atoms with Crippen molar-refractivity contribution < 1.29 is 4.79 Å². The van der Waals surface area contributed by atoms with E-state index in [1.54, 1.807) is 36.5 Å². The Morgan fingerprint density at radius 2 is 1.64 bits per heavy atom. The second kappa shape index (κ2) is 8.01. The van der Waals surface area contributed by atoms with Crippen LogP contribution < -0.4 is 10.6 Å². The quantitative estimate of drug-likeness (QED) is 0.658. The summed E-state index contributed by atoms with van der Waals surface area (Å²) in [6.45, 7) is 0.461. The number of benzene rings is 2. The lowest BCUT2D eigenvalue weighted by atomic mass is 10.2. The number of rotatable bonds is 5. The molecule has 2 aromatic carbocycles. The van der Waals surface area contributed by atoms with Crippen LogP contribution in [0.2, 0.25) is 10.0 Å². The number of nitrogens with zero attached hydrogens (tertiary/aromatic N) is 1. The number of halogens is 2. The molecule has 0 spiro atoms. The van der Waals surface area contributed by atoms with Gasteiger partial charge in [0.2, 0.25) is 0 Å². The van der Waals surface area contributed by atoms with Gasteiger partial charge in [-0.3, -0.25) is 4.79 Å². The number of carbonyl (C=O) groups is 1. The molecule has 0 saturated heterocycles. The van der Waals surface area contributed by atoms with Gasteiger partial charge in [-0.2, -0.15) is 0 Å². The van der Waals surface area contributed by atoms with E-state index in [9.17, 15) is 4.79 Å². The molecule has 0 atom stereocenters. The van der Waals surface area contributed by atoms with Gasteiger partial charge in [-0.05, 0) is 35.9 Å². The van der Waals surface area contributed by atoms with Gasteiger partial charge in [-0.1, -0.05) is 53.5 Å².